The van der Waals surface area contributed by atoms with Crippen molar-refractivity contribution in [2.75, 3.05) is 26.2 Å². The van der Waals surface area contributed by atoms with Gasteiger partial charge in [0, 0.05) is 37.3 Å². The minimum Gasteiger partial charge on any atom is -0.390 e. The summed E-state index contributed by atoms with van der Waals surface area (Å²) in [5, 5.41) is 1.94. The van der Waals surface area contributed by atoms with E-state index in [0.717, 1.165) is 16.5 Å². The molecule has 0 unspecified atom stereocenters. The number of halogens is 1. The van der Waals surface area contributed by atoms with Crippen LogP contribution in [0.1, 0.15) is 27.7 Å². The van der Waals surface area contributed by atoms with Crippen LogP contribution in [0.3, 0.4) is 0 Å². The van der Waals surface area contributed by atoms with Crippen molar-refractivity contribution in [2.45, 2.75) is 27.7 Å². The Morgan fingerprint density at radius 2 is 0.980 bits per heavy atom. The molecule has 0 atom stereocenters. The normalized spacial score (nSPS) is 10.6. The van der Waals surface area contributed by atoms with Crippen LogP contribution in [0.2, 0.25) is 5.02 Å². The molecule has 0 fully saturated rings. The smallest absolute Gasteiger partial charge is 0.390 e. The number of carbonyl (C=O) groups excluding carboxylic acids is 2. The number of carbonyl (C=O) groups is 2. The lowest BCUT2D eigenvalue weighted by atomic mass is 10.2. The lowest BCUT2D eigenvalue weighted by molar-refractivity contribution is 0.155. The van der Waals surface area contributed by atoms with Gasteiger partial charge >= 0.3 is 12.2 Å². The van der Waals surface area contributed by atoms with Gasteiger partial charge in [0.2, 0.25) is 11.8 Å². The summed E-state index contributed by atoms with van der Waals surface area (Å²) < 4.78 is 11.1. The van der Waals surface area contributed by atoms with Gasteiger partial charge in [-0.2, -0.15) is 9.97 Å². The van der Waals surface area contributed by atoms with Crippen molar-refractivity contribution in [1.82, 2.24) is 29.7 Å². The van der Waals surface area contributed by atoms with Gasteiger partial charge in [0.05, 0.1) is 26.8 Å². The summed E-state index contributed by atoms with van der Waals surface area (Å²) in [5.41, 5.74) is 3.00. The van der Waals surface area contributed by atoms with Crippen LogP contribution in [0, 0.1) is 0 Å². The topological polar surface area (TPSA) is 111 Å². The maximum absolute atomic E-state index is 12.4. The third kappa shape index (κ3) is 8.28. The lowest BCUT2D eigenvalue weighted by Crippen LogP contribution is -2.33. The zero-order valence-electron chi connectivity index (χ0n) is 27.8. The minimum atomic E-state index is -0.432. The highest BCUT2D eigenvalue weighted by atomic mass is 35.5. The highest BCUT2D eigenvalue weighted by Gasteiger charge is 2.19. The summed E-state index contributed by atoms with van der Waals surface area (Å²) in [6.45, 7) is 9.94. The van der Waals surface area contributed by atoms with Crippen LogP contribution in [0.4, 0.5) is 9.59 Å². The van der Waals surface area contributed by atoms with Gasteiger partial charge in [0.15, 0.2) is 11.6 Å². The van der Waals surface area contributed by atoms with E-state index < -0.39 is 12.2 Å². The van der Waals surface area contributed by atoms with Crippen molar-refractivity contribution in [3.05, 3.63) is 108 Å². The summed E-state index contributed by atoms with van der Waals surface area (Å²) >= 11 is 6.27. The standard InChI is InChI=1S/C19H18ClN3O2.C19H19N3O2/c1-3-23(4-2)19(24)25-18-14-10-6-8-12-16(14)21-17(22-18)13-9-5-7-11-15(13)20;1-3-22(4-2)19(23)24-18-15-12-8-9-13-16(15)20-17(21-18)14-10-6-5-7-11-14/h5-12H,3-4H2,1-2H3;5-13H,3-4H2,1-2H3. The van der Waals surface area contributed by atoms with E-state index in [4.69, 9.17) is 21.1 Å². The summed E-state index contributed by atoms with van der Waals surface area (Å²) in [6.07, 6.45) is -0.832. The lowest BCUT2D eigenvalue weighted by Gasteiger charge is -2.18. The van der Waals surface area contributed by atoms with Crippen LogP contribution >= 0.6 is 11.6 Å². The molecule has 0 saturated carbocycles. The van der Waals surface area contributed by atoms with Gasteiger partial charge < -0.3 is 19.3 Å². The van der Waals surface area contributed by atoms with Crippen molar-refractivity contribution < 1.29 is 19.1 Å². The molecule has 4 aromatic carbocycles. The Labute approximate surface area is 290 Å². The fourth-order valence-electron chi connectivity index (χ4n) is 4.99. The van der Waals surface area contributed by atoms with Crippen molar-refractivity contribution in [2.24, 2.45) is 0 Å². The number of rotatable bonds is 8. The fourth-order valence-corrected chi connectivity index (χ4v) is 5.21. The molecule has 0 aliphatic heterocycles. The van der Waals surface area contributed by atoms with Crippen LogP contribution in [0.15, 0.2) is 103 Å². The molecule has 49 heavy (non-hydrogen) atoms. The number of amides is 2. The highest BCUT2D eigenvalue weighted by molar-refractivity contribution is 6.33. The largest absolute Gasteiger partial charge is 0.416 e. The Hall–Kier alpha value is -5.61. The number of para-hydroxylation sites is 2. The molecule has 0 aliphatic rings. The third-order valence-electron chi connectivity index (χ3n) is 7.69. The molecule has 0 radical (unpaired) electrons. The molecular weight excluding hydrogens is 640 g/mol. The van der Waals surface area contributed by atoms with Gasteiger partial charge in [-0.3, -0.25) is 0 Å². The van der Waals surface area contributed by atoms with Gasteiger partial charge in [0.25, 0.3) is 0 Å². The number of ether oxygens (including phenoxy) is 2. The highest BCUT2D eigenvalue weighted by Crippen LogP contribution is 2.31. The maximum atomic E-state index is 12.4. The molecule has 2 heterocycles. The van der Waals surface area contributed by atoms with Crippen LogP contribution < -0.4 is 9.47 Å². The Balaban J connectivity index is 0.000000191. The Morgan fingerprint density at radius 3 is 1.49 bits per heavy atom. The quantitative estimate of drug-likeness (QED) is 0.157. The number of benzene rings is 4. The van der Waals surface area contributed by atoms with Crippen molar-refractivity contribution in [3.8, 4) is 34.5 Å². The molecule has 0 N–H and O–H groups in total. The Bertz CT molecular complexity index is 2050. The third-order valence-corrected chi connectivity index (χ3v) is 8.02. The van der Waals surface area contributed by atoms with E-state index in [0.29, 0.717) is 59.3 Å². The number of hydrogen-bond acceptors (Lipinski definition) is 8. The molecule has 10 nitrogen and oxygen atoms in total. The first-order valence-corrected chi connectivity index (χ1v) is 16.5. The van der Waals surface area contributed by atoms with E-state index in [9.17, 15) is 9.59 Å². The van der Waals surface area contributed by atoms with Crippen LogP contribution in [-0.2, 0) is 0 Å². The van der Waals surface area contributed by atoms with Crippen molar-refractivity contribution >= 4 is 45.6 Å². The van der Waals surface area contributed by atoms with Gasteiger partial charge in [-0.1, -0.05) is 78.3 Å². The van der Waals surface area contributed by atoms with Gasteiger partial charge in [-0.25, -0.2) is 19.6 Å². The number of nitrogens with zero attached hydrogens (tertiary/aromatic N) is 6. The molecular formula is C38H37ClN6O4. The van der Waals surface area contributed by atoms with Gasteiger partial charge in [0.1, 0.15) is 0 Å². The van der Waals surface area contributed by atoms with Gasteiger partial charge in [-0.15, -0.1) is 0 Å². The first-order valence-electron chi connectivity index (χ1n) is 16.1. The van der Waals surface area contributed by atoms with E-state index in [1.165, 1.54) is 0 Å². The van der Waals surface area contributed by atoms with Crippen molar-refractivity contribution in [1.29, 1.82) is 0 Å². The number of fused-ring (bicyclic) bond motifs is 2. The summed E-state index contributed by atoms with van der Waals surface area (Å²) in [6, 6.07) is 31.9. The minimum absolute atomic E-state index is 0.234. The molecule has 11 heteroatoms. The second kappa shape index (κ2) is 16.5. The Morgan fingerprint density at radius 1 is 0.551 bits per heavy atom. The predicted octanol–water partition coefficient (Wildman–Crippen LogP) is 8.93. The molecule has 0 spiro atoms. The molecule has 250 valence electrons. The summed E-state index contributed by atoms with van der Waals surface area (Å²) in [4.78, 5) is 45.9. The number of aromatic nitrogens is 4. The SMILES string of the molecule is CCN(CC)C(=O)Oc1nc(-c2ccccc2)nc2ccccc12.CCN(CC)C(=O)Oc1nc(-c2ccccc2Cl)nc2ccccc12. The monoisotopic (exact) mass is 676 g/mol. The van der Waals surface area contributed by atoms with E-state index in [-0.39, 0.29) is 11.8 Å². The van der Waals surface area contributed by atoms with E-state index >= 15 is 0 Å². The molecule has 0 saturated heterocycles. The first kappa shape index (κ1) is 34.7. The average molecular weight is 677 g/mol. The van der Waals surface area contributed by atoms with Crippen LogP contribution in [0.25, 0.3) is 44.6 Å². The van der Waals surface area contributed by atoms with E-state index in [2.05, 4.69) is 19.9 Å². The maximum Gasteiger partial charge on any atom is 0.416 e. The molecule has 2 aromatic heterocycles. The van der Waals surface area contributed by atoms with Crippen LogP contribution in [-0.4, -0.2) is 68.1 Å². The van der Waals surface area contributed by atoms with E-state index in [1.807, 2.05) is 125 Å². The average Bonchev–Trinajstić information content (AvgIpc) is 3.13. The van der Waals surface area contributed by atoms with Gasteiger partial charge in [-0.05, 0) is 64.1 Å². The number of hydrogen-bond donors (Lipinski definition) is 0. The predicted molar refractivity (Wildman–Crippen MR) is 193 cm³/mol. The first-order chi connectivity index (χ1) is 23.9. The molecule has 6 rings (SSSR count). The zero-order chi connectivity index (χ0) is 34.8. The van der Waals surface area contributed by atoms with E-state index in [1.54, 1.807) is 15.9 Å². The van der Waals surface area contributed by atoms with Crippen molar-refractivity contribution in [3.63, 3.8) is 0 Å². The van der Waals surface area contributed by atoms with Crippen LogP contribution in [0.5, 0.6) is 11.8 Å². The second-order valence-corrected chi connectivity index (χ2v) is 11.1. The second-order valence-electron chi connectivity index (χ2n) is 10.7. The Kier molecular flexibility index (Phi) is 11.7. The molecule has 0 aliphatic carbocycles. The summed E-state index contributed by atoms with van der Waals surface area (Å²) in [7, 11) is 0. The molecule has 6 aromatic rings. The zero-order valence-corrected chi connectivity index (χ0v) is 28.6. The molecule has 2 amide bonds. The summed E-state index contributed by atoms with van der Waals surface area (Å²) in [5.74, 6) is 1.48. The molecule has 0 bridgehead atoms. The fraction of sp³-hybridized carbons (Fsp3) is 0.211.